The van der Waals surface area contributed by atoms with Gasteiger partial charge in [-0.3, -0.25) is 4.79 Å². The predicted molar refractivity (Wildman–Crippen MR) is 97.6 cm³/mol. The maximum atomic E-state index is 13.3. The fourth-order valence-corrected chi connectivity index (χ4v) is 6.69. The van der Waals surface area contributed by atoms with E-state index in [9.17, 15) is 13.2 Å². The first-order valence-electron chi connectivity index (χ1n) is 8.98. The Morgan fingerprint density at radius 3 is 2.88 bits per heavy atom. The monoisotopic (exact) mass is 386 g/mol. The molecule has 1 saturated heterocycles. The van der Waals surface area contributed by atoms with Crippen LogP contribution in [0.5, 0.6) is 0 Å². The normalized spacial score (nSPS) is 25.5. The van der Waals surface area contributed by atoms with Crippen LogP contribution < -0.4 is 0 Å². The summed E-state index contributed by atoms with van der Waals surface area (Å²) in [6, 6.07) is 1.94. The molecule has 140 valence electrons. The number of hydrogen-bond acceptors (Lipinski definition) is 5. The second-order valence-corrected chi connectivity index (χ2v) is 9.42. The smallest absolute Gasteiger partial charge is 0.310 e. The molecule has 0 amide bonds. The van der Waals surface area contributed by atoms with Crippen LogP contribution in [0.2, 0.25) is 0 Å². The predicted octanol–water partition coefficient (Wildman–Crippen LogP) is 2.58. The van der Waals surface area contributed by atoms with Gasteiger partial charge in [0, 0.05) is 24.5 Å². The second-order valence-electron chi connectivity index (χ2n) is 6.54. The minimum absolute atomic E-state index is 0.108. The van der Waals surface area contributed by atoms with E-state index in [2.05, 4.69) is 0 Å². The number of carbonyl (C=O) groups excluding carboxylic acids is 1. The van der Waals surface area contributed by atoms with E-state index in [0.29, 0.717) is 32.5 Å². The number of fused-ring (bicyclic) bond motifs is 1. The van der Waals surface area contributed by atoms with Crippen molar-refractivity contribution in [2.45, 2.75) is 45.6 Å². The molecular weight excluding hydrogens is 360 g/mol. The third kappa shape index (κ3) is 3.63. The number of piperidine rings is 1. The van der Waals surface area contributed by atoms with Crippen molar-refractivity contribution in [3.63, 3.8) is 0 Å². The van der Waals surface area contributed by atoms with Crippen molar-refractivity contribution in [3.05, 3.63) is 21.9 Å². The molecule has 8 heteroatoms. The van der Waals surface area contributed by atoms with Crippen molar-refractivity contribution in [2.75, 3.05) is 26.2 Å². The lowest BCUT2D eigenvalue weighted by molar-refractivity contribution is -0.149. The lowest BCUT2D eigenvalue weighted by Crippen LogP contribution is -2.51. The van der Waals surface area contributed by atoms with Crippen LogP contribution in [-0.4, -0.2) is 49.2 Å². The molecule has 0 unspecified atom stereocenters. The van der Waals surface area contributed by atoms with Gasteiger partial charge < -0.3 is 4.74 Å². The first-order valence-corrected chi connectivity index (χ1v) is 11.3. The van der Waals surface area contributed by atoms with Crippen LogP contribution in [0.4, 0.5) is 0 Å². The highest BCUT2D eigenvalue weighted by atomic mass is 32.2. The van der Waals surface area contributed by atoms with Crippen molar-refractivity contribution in [1.82, 2.24) is 8.61 Å². The van der Waals surface area contributed by atoms with Crippen LogP contribution in [0.1, 0.15) is 49.6 Å². The van der Waals surface area contributed by atoms with Gasteiger partial charge in [0.2, 0.25) is 0 Å². The highest BCUT2D eigenvalue weighted by Crippen LogP contribution is 2.38. The van der Waals surface area contributed by atoms with Crippen molar-refractivity contribution in [1.29, 1.82) is 0 Å². The Hall–Kier alpha value is -0.960. The molecule has 1 fully saturated rings. The fraction of sp³-hybridized carbons (Fsp3) is 0.706. The van der Waals surface area contributed by atoms with Gasteiger partial charge in [0.25, 0.3) is 10.2 Å². The van der Waals surface area contributed by atoms with E-state index in [1.54, 1.807) is 22.6 Å². The molecule has 0 saturated carbocycles. The van der Waals surface area contributed by atoms with Gasteiger partial charge in [0.15, 0.2) is 0 Å². The minimum atomic E-state index is -3.58. The quantitative estimate of drug-likeness (QED) is 0.730. The maximum absolute atomic E-state index is 13.3. The molecule has 3 rings (SSSR count). The zero-order chi connectivity index (χ0) is 18.0. The number of esters is 1. The summed E-state index contributed by atoms with van der Waals surface area (Å²) in [6.45, 7) is 5.33. The molecule has 1 aromatic heterocycles. The summed E-state index contributed by atoms with van der Waals surface area (Å²) in [5.41, 5.74) is 1.14. The molecule has 2 aliphatic rings. The van der Waals surface area contributed by atoms with Crippen molar-refractivity contribution in [2.24, 2.45) is 5.92 Å². The Bertz CT molecular complexity index is 716. The molecule has 6 nitrogen and oxygen atoms in total. The summed E-state index contributed by atoms with van der Waals surface area (Å²) in [7, 11) is -3.58. The van der Waals surface area contributed by atoms with Crippen LogP contribution in [0.3, 0.4) is 0 Å². The van der Waals surface area contributed by atoms with Crippen LogP contribution in [0.25, 0.3) is 0 Å². The van der Waals surface area contributed by atoms with Gasteiger partial charge in [0.05, 0.1) is 18.6 Å². The topological polar surface area (TPSA) is 66.9 Å². The molecule has 0 aromatic carbocycles. The number of nitrogens with zero attached hydrogens (tertiary/aromatic N) is 2. The third-order valence-electron chi connectivity index (χ3n) is 5.06. The number of carbonyl (C=O) groups is 1. The lowest BCUT2D eigenvalue weighted by atomic mass is 10.00. The highest BCUT2D eigenvalue weighted by Gasteiger charge is 2.41. The molecule has 0 aliphatic carbocycles. The Labute approximate surface area is 153 Å². The summed E-state index contributed by atoms with van der Waals surface area (Å²) in [6.07, 6.45) is 2.89. The summed E-state index contributed by atoms with van der Waals surface area (Å²) >= 11 is 1.71. The molecule has 2 aliphatic heterocycles. The van der Waals surface area contributed by atoms with Crippen molar-refractivity contribution >= 4 is 27.5 Å². The van der Waals surface area contributed by atoms with E-state index in [0.717, 1.165) is 18.4 Å². The van der Waals surface area contributed by atoms with Crippen LogP contribution in [-0.2, 0) is 26.2 Å². The van der Waals surface area contributed by atoms with Crippen LogP contribution >= 0.6 is 11.3 Å². The molecule has 3 heterocycles. The van der Waals surface area contributed by atoms with Gasteiger partial charge in [-0.05, 0) is 49.6 Å². The first kappa shape index (κ1) is 18.8. The first-order chi connectivity index (χ1) is 12.0. The van der Waals surface area contributed by atoms with E-state index in [-0.39, 0.29) is 24.5 Å². The average molecular weight is 387 g/mol. The number of hydrogen-bond donors (Lipinski definition) is 0. The standard InChI is InChI=1S/C17H26N2O4S2/c1-3-15-14-8-11-24-16(14)7-10-19(15)25(21,22)18-9-5-6-13(12-18)17(20)23-4-2/h8,11,13,15H,3-7,9-10,12H2,1-2H3/t13-,15+/m0/s1. The molecule has 2 atom stereocenters. The fourth-order valence-electron chi connectivity index (χ4n) is 3.83. The summed E-state index contributed by atoms with van der Waals surface area (Å²) in [5, 5.41) is 2.04. The molecule has 0 radical (unpaired) electrons. The van der Waals surface area contributed by atoms with E-state index < -0.39 is 10.2 Å². The van der Waals surface area contributed by atoms with Crippen LogP contribution in [0.15, 0.2) is 11.4 Å². The molecule has 0 N–H and O–H groups in total. The third-order valence-corrected chi connectivity index (χ3v) is 8.07. The maximum Gasteiger partial charge on any atom is 0.310 e. The summed E-state index contributed by atoms with van der Waals surface area (Å²) in [4.78, 5) is 13.3. The van der Waals surface area contributed by atoms with Crippen molar-refractivity contribution < 1.29 is 17.9 Å². The Balaban J connectivity index is 1.80. The van der Waals surface area contributed by atoms with E-state index in [1.165, 1.54) is 9.18 Å². The molecule has 1 aromatic rings. The molecule has 0 spiro atoms. The molecular formula is C17H26N2O4S2. The highest BCUT2D eigenvalue weighted by molar-refractivity contribution is 7.86. The Morgan fingerprint density at radius 1 is 1.36 bits per heavy atom. The van der Waals surface area contributed by atoms with Crippen LogP contribution in [0, 0.1) is 5.92 Å². The largest absolute Gasteiger partial charge is 0.466 e. The molecule has 25 heavy (non-hydrogen) atoms. The number of rotatable bonds is 5. The Kier molecular flexibility index (Phi) is 5.82. The average Bonchev–Trinajstić information content (AvgIpc) is 3.10. The van der Waals surface area contributed by atoms with E-state index in [1.807, 2.05) is 18.4 Å². The number of thiophene rings is 1. The zero-order valence-electron chi connectivity index (χ0n) is 14.8. The van der Waals surface area contributed by atoms with Gasteiger partial charge in [0.1, 0.15) is 0 Å². The van der Waals surface area contributed by atoms with Gasteiger partial charge in [-0.25, -0.2) is 0 Å². The minimum Gasteiger partial charge on any atom is -0.466 e. The SMILES string of the molecule is CCOC(=O)[C@H]1CCCN(S(=O)(=O)N2CCc3sccc3[C@H]2CC)C1. The number of ether oxygens (including phenoxy) is 1. The molecule has 0 bridgehead atoms. The van der Waals surface area contributed by atoms with Crippen molar-refractivity contribution in [3.8, 4) is 0 Å². The zero-order valence-corrected chi connectivity index (χ0v) is 16.4. The van der Waals surface area contributed by atoms with Gasteiger partial charge in [-0.1, -0.05) is 6.92 Å². The van der Waals surface area contributed by atoms with Gasteiger partial charge in [-0.15, -0.1) is 11.3 Å². The van der Waals surface area contributed by atoms with E-state index in [4.69, 9.17) is 4.74 Å². The summed E-state index contributed by atoms with van der Waals surface area (Å²) in [5.74, 6) is -0.641. The van der Waals surface area contributed by atoms with Gasteiger partial charge >= 0.3 is 5.97 Å². The Morgan fingerprint density at radius 2 is 2.16 bits per heavy atom. The second kappa shape index (κ2) is 7.73. The van der Waals surface area contributed by atoms with Gasteiger partial charge in [-0.2, -0.15) is 17.0 Å². The summed E-state index contributed by atoms with van der Waals surface area (Å²) < 4.78 is 34.8. The lowest BCUT2D eigenvalue weighted by Gasteiger charge is -2.39. The van der Waals surface area contributed by atoms with E-state index >= 15 is 0 Å².